The van der Waals surface area contributed by atoms with Gasteiger partial charge in [-0.1, -0.05) is 77.7 Å². The zero-order chi connectivity index (χ0) is 24.4. The predicted octanol–water partition coefficient (Wildman–Crippen LogP) is 6.18. The lowest BCUT2D eigenvalue weighted by Gasteiger charge is -2.28. The lowest BCUT2D eigenvalue weighted by Crippen LogP contribution is -2.36. The second-order valence-corrected chi connectivity index (χ2v) is 10.0. The molecule has 1 aromatic heterocycles. The average molecular weight is 489 g/mol. The number of pyridine rings is 1. The number of methoxy groups -OCH3 is 1. The summed E-state index contributed by atoms with van der Waals surface area (Å²) in [4.78, 5) is 10.2. The fraction of sp³-hybridized carbons (Fsp3) is 0.800. The Labute approximate surface area is 201 Å². The monoisotopic (exact) mass is 488 g/mol. The van der Waals surface area contributed by atoms with E-state index in [-0.39, 0.29) is 12.7 Å². The van der Waals surface area contributed by atoms with E-state index in [2.05, 4.69) is 13.8 Å². The van der Waals surface area contributed by atoms with Gasteiger partial charge in [0.25, 0.3) is 0 Å². The van der Waals surface area contributed by atoms with Crippen LogP contribution in [-0.4, -0.2) is 37.1 Å². The quantitative estimate of drug-likeness (QED) is 0.0963. The fourth-order valence-electron chi connectivity index (χ4n) is 3.58. The number of unbranched alkanes of at least 4 members (excludes halogenated alkanes) is 8. The SMILES string of the molecule is CCCCCCCCCCCC(CC)OC(OP(=O)(O)OCC[n+]1ccccc1)[C@@H](C)OC. The summed E-state index contributed by atoms with van der Waals surface area (Å²) < 4.78 is 36.3. The van der Waals surface area contributed by atoms with Crippen molar-refractivity contribution in [1.82, 2.24) is 0 Å². The molecule has 0 aliphatic rings. The van der Waals surface area contributed by atoms with Crippen LogP contribution in [0.2, 0.25) is 0 Å². The molecule has 1 aromatic rings. The Morgan fingerprint density at radius 2 is 1.55 bits per heavy atom. The molecular formula is C25H47NO6P+. The Morgan fingerprint density at radius 3 is 2.12 bits per heavy atom. The van der Waals surface area contributed by atoms with Gasteiger partial charge >= 0.3 is 7.82 Å². The van der Waals surface area contributed by atoms with Gasteiger partial charge in [-0.15, -0.1) is 0 Å². The molecule has 0 fully saturated rings. The zero-order valence-electron chi connectivity index (χ0n) is 21.2. The zero-order valence-corrected chi connectivity index (χ0v) is 22.1. The van der Waals surface area contributed by atoms with E-state index < -0.39 is 20.2 Å². The minimum Gasteiger partial charge on any atom is -0.376 e. The van der Waals surface area contributed by atoms with Gasteiger partial charge in [0.15, 0.2) is 25.2 Å². The number of rotatable bonds is 21. The molecule has 0 radical (unpaired) electrons. The maximum atomic E-state index is 12.5. The normalized spacial score (nSPS) is 16.3. The van der Waals surface area contributed by atoms with Crippen molar-refractivity contribution in [2.24, 2.45) is 0 Å². The number of ether oxygens (including phenoxy) is 2. The fourth-order valence-corrected chi connectivity index (χ4v) is 4.44. The first-order valence-corrected chi connectivity index (χ1v) is 14.2. The number of aromatic nitrogens is 1. The molecule has 0 saturated carbocycles. The molecule has 0 spiro atoms. The minimum absolute atomic E-state index is 0.0478. The van der Waals surface area contributed by atoms with Crippen molar-refractivity contribution in [3.8, 4) is 0 Å². The molecule has 1 rings (SSSR count). The molecule has 1 N–H and O–H groups in total. The standard InChI is InChI=1S/C25H46NO6P/c1-5-7-8-9-10-11-12-13-15-18-24(6-2)31-25(23(3)29-4)32-33(27,28)30-22-21-26-19-16-14-17-20-26/h14,16-17,19-20,23-25H,5-13,15,18,21-22H2,1-4H3/p+1/t23-,24?,25?/m1/s1. The molecule has 0 aromatic carbocycles. The summed E-state index contributed by atoms with van der Waals surface area (Å²) in [6.07, 6.45) is 15.3. The molecule has 0 aliphatic heterocycles. The van der Waals surface area contributed by atoms with Crippen LogP contribution in [0.3, 0.4) is 0 Å². The average Bonchev–Trinajstić information content (AvgIpc) is 2.81. The summed E-state index contributed by atoms with van der Waals surface area (Å²) in [5.74, 6) is 0. The number of phosphoric ester groups is 1. The van der Waals surface area contributed by atoms with E-state index in [1.165, 1.54) is 58.5 Å². The second-order valence-electron chi connectivity index (χ2n) is 8.61. The van der Waals surface area contributed by atoms with Crippen LogP contribution in [-0.2, 0) is 29.6 Å². The van der Waals surface area contributed by atoms with Gasteiger partial charge in [-0.05, 0) is 19.8 Å². The smallest absolute Gasteiger partial charge is 0.376 e. The van der Waals surface area contributed by atoms with Crippen molar-refractivity contribution in [1.29, 1.82) is 0 Å². The third kappa shape index (κ3) is 14.9. The van der Waals surface area contributed by atoms with E-state index in [1.807, 2.05) is 35.2 Å². The van der Waals surface area contributed by atoms with E-state index in [0.717, 1.165) is 19.3 Å². The molecule has 3 unspecified atom stereocenters. The maximum absolute atomic E-state index is 12.5. The molecule has 1 heterocycles. The largest absolute Gasteiger partial charge is 0.474 e. The third-order valence-corrected chi connectivity index (χ3v) is 6.77. The van der Waals surface area contributed by atoms with Crippen LogP contribution < -0.4 is 4.57 Å². The van der Waals surface area contributed by atoms with E-state index in [1.54, 1.807) is 6.92 Å². The van der Waals surface area contributed by atoms with Crippen molar-refractivity contribution in [2.45, 2.75) is 116 Å². The summed E-state index contributed by atoms with van der Waals surface area (Å²) in [6.45, 7) is 6.55. The number of hydrogen-bond acceptors (Lipinski definition) is 5. The highest BCUT2D eigenvalue weighted by atomic mass is 31.2. The first-order chi connectivity index (χ1) is 15.9. The molecule has 0 aliphatic carbocycles. The van der Waals surface area contributed by atoms with Crippen LogP contribution in [0, 0.1) is 0 Å². The Kier molecular flexibility index (Phi) is 16.9. The summed E-state index contributed by atoms with van der Waals surface area (Å²) in [5, 5.41) is 0. The number of hydrogen-bond donors (Lipinski definition) is 1. The topological polar surface area (TPSA) is 78.1 Å². The maximum Gasteiger partial charge on any atom is 0.474 e. The minimum atomic E-state index is -4.29. The van der Waals surface area contributed by atoms with Gasteiger partial charge in [0, 0.05) is 19.2 Å². The van der Waals surface area contributed by atoms with Crippen molar-refractivity contribution < 1.29 is 32.5 Å². The summed E-state index contributed by atoms with van der Waals surface area (Å²) in [5.41, 5.74) is 0. The molecule has 8 heteroatoms. The van der Waals surface area contributed by atoms with Crippen LogP contribution >= 0.6 is 7.82 Å². The number of nitrogens with zero attached hydrogens (tertiary/aromatic N) is 1. The van der Waals surface area contributed by atoms with Crippen LogP contribution in [0.1, 0.15) is 91.4 Å². The highest BCUT2D eigenvalue weighted by molar-refractivity contribution is 7.47. The number of phosphoric acid groups is 1. The van der Waals surface area contributed by atoms with Gasteiger partial charge in [-0.25, -0.2) is 9.13 Å². The first-order valence-electron chi connectivity index (χ1n) is 12.7. The predicted molar refractivity (Wildman–Crippen MR) is 131 cm³/mol. The van der Waals surface area contributed by atoms with E-state index >= 15 is 0 Å². The van der Waals surface area contributed by atoms with Gasteiger partial charge in [0.2, 0.25) is 0 Å². The molecule has 0 saturated heterocycles. The van der Waals surface area contributed by atoms with Crippen LogP contribution in [0.4, 0.5) is 0 Å². The van der Waals surface area contributed by atoms with Gasteiger partial charge in [-0.2, -0.15) is 0 Å². The Morgan fingerprint density at radius 1 is 0.939 bits per heavy atom. The first kappa shape index (κ1) is 30.2. The van der Waals surface area contributed by atoms with Crippen molar-refractivity contribution >= 4 is 7.82 Å². The summed E-state index contributed by atoms with van der Waals surface area (Å²) in [6, 6.07) is 5.68. The summed E-state index contributed by atoms with van der Waals surface area (Å²) >= 11 is 0. The molecule has 0 bridgehead atoms. The molecule has 192 valence electrons. The highest BCUT2D eigenvalue weighted by Gasteiger charge is 2.32. The van der Waals surface area contributed by atoms with Gasteiger partial charge in [0.05, 0.1) is 6.10 Å². The second kappa shape index (κ2) is 18.5. The van der Waals surface area contributed by atoms with Gasteiger partial charge in [-0.3, -0.25) is 9.05 Å². The van der Waals surface area contributed by atoms with Crippen LogP contribution in [0.5, 0.6) is 0 Å². The molecular weight excluding hydrogens is 441 g/mol. The molecule has 33 heavy (non-hydrogen) atoms. The van der Waals surface area contributed by atoms with Crippen LogP contribution in [0.15, 0.2) is 30.6 Å². The molecule has 7 nitrogen and oxygen atoms in total. The molecule has 4 atom stereocenters. The van der Waals surface area contributed by atoms with Crippen molar-refractivity contribution in [3.05, 3.63) is 30.6 Å². The highest BCUT2D eigenvalue weighted by Crippen LogP contribution is 2.45. The lowest BCUT2D eigenvalue weighted by atomic mass is 10.0. The van der Waals surface area contributed by atoms with E-state index in [0.29, 0.717) is 6.54 Å². The van der Waals surface area contributed by atoms with Gasteiger partial charge in [0.1, 0.15) is 12.7 Å². The lowest BCUT2D eigenvalue weighted by molar-refractivity contribution is -0.697. The molecule has 0 amide bonds. The van der Waals surface area contributed by atoms with Gasteiger partial charge < -0.3 is 14.4 Å². The van der Waals surface area contributed by atoms with E-state index in [4.69, 9.17) is 18.5 Å². The van der Waals surface area contributed by atoms with Crippen molar-refractivity contribution in [3.63, 3.8) is 0 Å². The Balaban J connectivity index is 2.39. The van der Waals surface area contributed by atoms with E-state index in [9.17, 15) is 9.46 Å². The Bertz CT molecular complexity index is 633. The Hall–Kier alpha value is -0.820. The summed E-state index contributed by atoms with van der Waals surface area (Å²) in [7, 11) is -2.76. The van der Waals surface area contributed by atoms with Crippen molar-refractivity contribution in [2.75, 3.05) is 13.7 Å². The third-order valence-electron chi connectivity index (χ3n) is 5.78. The van der Waals surface area contributed by atoms with Crippen LogP contribution in [0.25, 0.3) is 0 Å².